The number of rotatable bonds is 6. The average molecular weight is 334 g/mol. The van der Waals surface area contributed by atoms with Crippen molar-refractivity contribution in [3.63, 3.8) is 0 Å². The quantitative estimate of drug-likeness (QED) is 0.599. The van der Waals surface area contributed by atoms with E-state index in [1.165, 1.54) is 14.2 Å². The predicted molar refractivity (Wildman–Crippen MR) is 82.9 cm³/mol. The number of amides is 1. The Kier molecular flexibility index (Phi) is 5.43. The summed E-state index contributed by atoms with van der Waals surface area (Å²) in [5.74, 6) is -1.96. The Morgan fingerprint density at radius 2 is 1.96 bits per heavy atom. The van der Waals surface area contributed by atoms with Crippen molar-refractivity contribution in [2.45, 2.75) is 6.61 Å². The summed E-state index contributed by atoms with van der Waals surface area (Å²) in [6.45, 7) is 0.0588. The maximum absolute atomic E-state index is 14.1. The van der Waals surface area contributed by atoms with Crippen LogP contribution in [0.25, 0.3) is 0 Å². The van der Waals surface area contributed by atoms with Crippen molar-refractivity contribution in [1.82, 2.24) is 5.06 Å². The highest BCUT2D eigenvalue weighted by atomic mass is 19.1. The number of hydrogen-bond acceptors (Lipinski definition) is 5. The Morgan fingerprint density at radius 3 is 2.54 bits per heavy atom. The van der Waals surface area contributed by atoms with Gasteiger partial charge in [-0.1, -0.05) is 30.3 Å². The molecule has 2 aromatic carbocycles. The number of nitro groups is 1. The van der Waals surface area contributed by atoms with E-state index in [-0.39, 0.29) is 17.9 Å². The van der Waals surface area contributed by atoms with Gasteiger partial charge in [0, 0.05) is 13.1 Å². The highest BCUT2D eigenvalue weighted by molar-refractivity contribution is 5.97. The van der Waals surface area contributed by atoms with Gasteiger partial charge in [0.25, 0.3) is 11.6 Å². The lowest BCUT2D eigenvalue weighted by Crippen LogP contribution is -2.26. The summed E-state index contributed by atoms with van der Waals surface area (Å²) < 4.78 is 19.4. The van der Waals surface area contributed by atoms with E-state index in [4.69, 9.17) is 9.57 Å². The highest BCUT2D eigenvalue weighted by Crippen LogP contribution is 2.29. The number of hydrogen-bond donors (Lipinski definition) is 0. The molecule has 8 heteroatoms. The Bertz CT molecular complexity index is 752. The van der Waals surface area contributed by atoms with Gasteiger partial charge in [0.2, 0.25) is 0 Å². The Balaban J connectivity index is 2.35. The van der Waals surface area contributed by atoms with Gasteiger partial charge in [0.05, 0.1) is 18.1 Å². The minimum absolute atomic E-state index is 0.0588. The second-order valence-electron chi connectivity index (χ2n) is 4.82. The monoisotopic (exact) mass is 334 g/mol. The normalized spacial score (nSPS) is 10.3. The molecule has 0 N–H and O–H groups in total. The molecule has 0 atom stereocenters. The summed E-state index contributed by atoms with van der Waals surface area (Å²) in [6.07, 6.45) is 0. The van der Waals surface area contributed by atoms with Crippen LogP contribution in [0.15, 0.2) is 42.5 Å². The average Bonchev–Trinajstić information content (AvgIpc) is 2.59. The van der Waals surface area contributed by atoms with E-state index in [0.29, 0.717) is 6.07 Å². The third-order valence-electron chi connectivity index (χ3n) is 3.27. The van der Waals surface area contributed by atoms with Gasteiger partial charge in [-0.05, 0) is 5.56 Å². The lowest BCUT2D eigenvalue weighted by Gasteiger charge is -2.15. The summed E-state index contributed by atoms with van der Waals surface area (Å²) in [7, 11) is 2.53. The van der Waals surface area contributed by atoms with Crippen molar-refractivity contribution in [1.29, 1.82) is 0 Å². The largest absolute Gasteiger partial charge is 0.486 e. The predicted octanol–water partition coefficient (Wildman–Crippen LogP) is 2.95. The molecule has 0 saturated heterocycles. The van der Waals surface area contributed by atoms with E-state index in [2.05, 4.69) is 0 Å². The molecule has 0 fully saturated rings. The molecule has 0 aromatic heterocycles. The van der Waals surface area contributed by atoms with Crippen molar-refractivity contribution in [2.75, 3.05) is 14.2 Å². The molecule has 2 rings (SSSR count). The lowest BCUT2D eigenvalue weighted by atomic mass is 10.1. The van der Waals surface area contributed by atoms with Gasteiger partial charge in [-0.15, -0.1) is 0 Å². The van der Waals surface area contributed by atoms with Gasteiger partial charge in [-0.25, -0.2) is 9.45 Å². The standard InChI is InChI=1S/C16H15FN2O5/c1-18(23-2)16(20)12-8-15(13(17)9-14(12)19(21)22)24-10-11-6-4-3-5-7-11/h3-9H,10H2,1-2H3. The second-order valence-corrected chi connectivity index (χ2v) is 4.82. The fraction of sp³-hybridized carbons (Fsp3) is 0.188. The number of carbonyl (C=O) groups is 1. The Hall–Kier alpha value is -3.00. The number of nitro benzene ring substituents is 1. The van der Waals surface area contributed by atoms with E-state index in [0.717, 1.165) is 16.7 Å². The molecule has 2 aromatic rings. The summed E-state index contributed by atoms with van der Waals surface area (Å²) in [5.41, 5.74) is -0.195. The number of carbonyl (C=O) groups excluding carboxylic acids is 1. The van der Waals surface area contributed by atoms with E-state index < -0.39 is 22.3 Å². The molecule has 0 aliphatic heterocycles. The van der Waals surface area contributed by atoms with Gasteiger partial charge in [-0.2, -0.15) is 0 Å². The highest BCUT2D eigenvalue weighted by Gasteiger charge is 2.26. The molecule has 0 unspecified atom stereocenters. The first-order valence-corrected chi connectivity index (χ1v) is 6.91. The van der Waals surface area contributed by atoms with Gasteiger partial charge in [-0.3, -0.25) is 19.7 Å². The summed E-state index contributed by atoms with van der Waals surface area (Å²) >= 11 is 0. The fourth-order valence-electron chi connectivity index (χ4n) is 1.96. The smallest absolute Gasteiger partial charge is 0.285 e. The number of halogens is 1. The van der Waals surface area contributed by atoms with Crippen molar-refractivity contribution in [2.24, 2.45) is 0 Å². The molecule has 0 saturated carbocycles. The molecular formula is C16H15FN2O5. The van der Waals surface area contributed by atoms with Crippen LogP contribution in [-0.4, -0.2) is 30.1 Å². The van der Waals surface area contributed by atoms with E-state index in [1.807, 2.05) is 6.07 Å². The number of benzene rings is 2. The summed E-state index contributed by atoms with van der Waals surface area (Å²) in [6, 6.07) is 10.7. The molecule has 0 spiro atoms. The molecule has 0 bridgehead atoms. The molecule has 7 nitrogen and oxygen atoms in total. The fourth-order valence-corrected chi connectivity index (χ4v) is 1.96. The van der Waals surface area contributed by atoms with Gasteiger partial charge < -0.3 is 4.74 Å². The number of hydroxylamine groups is 2. The summed E-state index contributed by atoms with van der Waals surface area (Å²) in [4.78, 5) is 27.1. The molecule has 1 amide bonds. The first-order valence-electron chi connectivity index (χ1n) is 6.91. The van der Waals surface area contributed by atoms with Crippen molar-refractivity contribution in [3.8, 4) is 5.75 Å². The zero-order valence-corrected chi connectivity index (χ0v) is 13.1. The molecule has 0 aliphatic carbocycles. The van der Waals surface area contributed by atoms with Gasteiger partial charge in [0.1, 0.15) is 12.2 Å². The second kappa shape index (κ2) is 7.51. The van der Waals surface area contributed by atoms with Gasteiger partial charge in [0.15, 0.2) is 11.6 Å². The number of nitrogens with zero attached hydrogens (tertiary/aromatic N) is 2. The minimum atomic E-state index is -0.922. The minimum Gasteiger partial charge on any atom is -0.486 e. The van der Waals surface area contributed by atoms with Crippen LogP contribution in [0.1, 0.15) is 15.9 Å². The van der Waals surface area contributed by atoms with Crippen LogP contribution in [0, 0.1) is 15.9 Å². The van der Waals surface area contributed by atoms with Crippen molar-refractivity contribution < 1.29 is 23.7 Å². The summed E-state index contributed by atoms with van der Waals surface area (Å²) in [5, 5.41) is 11.9. The first kappa shape index (κ1) is 17.4. The molecule has 24 heavy (non-hydrogen) atoms. The topological polar surface area (TPSA) is 81.9 Å². The third kappa shape index (κ3) is 3.85. The van der Waals surface area contributed by atoms with Crippen LogP contribution in [0.2, 0.25) is 0 Å². The Morgan fingerprint density at radius 1 is 1.29 bits per heavy atom. The van der Waals surface area contributed by atoms with Crippen molar-refractivity contribution >= 4 is 11.6 Å². The van der Waals surface area contributed by atoms with Crippen LogP contribution in [0.3, 0.4) is 0 Å². The van der Waals surface area contributed by atoms with E-state index >= 15 is 0 Å². The van der Waals surface area contributed by atoms with E-state index in [1.54, 1.807) is 24.3 Å². The maximum Gasteiger partial charge on any atom is 0.285 e. The third-order valence-corrected chi connectivity index (χ3v) is 3.27. The zero-order chi connectivity index (χ0) is 17.7. The van der Waals surface area contributed by atoms with Gasteiger partial charge >= 0.3 is 0 Å². The zero-order valence-electron chi connectivity index (χ0n) is 13.1. The van der Waals surface area contributed by atoms with Crippen molar-refractivity contribution in [3.05, 3.63) is 69.5 Å². The lowest BCUT2D eigenvalue weighted by molar-refractivity contribution is -0.385. The molecule has 0 radical (unpaired) electrons. The number of ether oxygens (including phenoxy) is 1. The van der Waals surface area contributed by atoms with Crippen LogP contribution in [0.4, 0.5) is 10.1 Å². The molecule has 126 valence electrons. The molecule has 0 aliphatic rings. The molecule has 0 heterocycles. The van der Waals surface area contributed by atoms with Crippen LogP contribution >= 0.6 is 0 Å². The SMILES string of the molecule is CON(C)C(=O)c1cc(OCc2ccccc2)c(F)cc1[N+](=O)[O-]. The van der Waals surface area contributed by atoms with Crippen LogP contribution in [0.5, 0.6) is 5.75 Å². The first-order chi connectivity index (χ1) is 11.4. The molecular weight excluding hydrogens is 319 g/mol. The van der Waals surface area contributed by atoms with Crippen LogP contribution < -0.4 is 4.74 Å². The maximum atomic E-state index is 14.1. The Labute approximate surface area is 137 Å². The van der Waals surface area contributed by atoms with Crippen LogP contribution in [-0.2, 0) is 11.4 Å². The van der Waals surface area contributed by atoms with E-state index in [9.17, 15) is 19.3 Å².